The molecule has 2 N–H and O–H groups in total. The minimum absolute atomic E-state index is 0.0415. The Hall–Kier alpha value is -1.50. The molecule has 0 aromatic heterocycles. The third-order valence-electron chi connectivity index (χ3n) is 1.12. The maximum atomic E-state index is 11.1. The molecule has 0 aliphatic heterocycles. The number of aliphatic hydroxyl groups is 1. The smallest absolute Gasteiger partial charge is 0.265 e. The predicted octanol–water partition coefficient (Wildman–Crippen LogP) is 0.867. The van der Waals surface area contributed by atoms with Crippen molar-refractivity contribution in [2.45, 2.75) is 26.8 Å². The van der Waals surface area contributed by atoms with Crippen molar-refractivity contribution in [1.82, 2.24) is 5.32 Å². The van der Waals surface area contributed by atoms with Gasteiger partial charge in [0.2, 0.25) is 0 Å². The van der Waals surface area contributed by atoms with Gasteiger partial charge in [-0.3, -0.25) is 4.79 Å². The van der Waals surface area contributed by atoms with Gasteiger partial charge in [-0.05, 0) is 20.8 Å². The van der Waals surface area contributed by atoms with Gasteiger partial charge >= 0.3 is 0 Å². The Morgan fingerprint density at radius 3 is 2.33 bits per heavy atom. The van der Waals surface area contributed by atoms with E-state index in [1.54, 1.807) is 19.9 Å². The van der Waals surface area contributed by atoms with Gasteiger partial charge < -0.3 is 10.4 Å². The van der Waals surface area contributed by atoms with Crippen molar-refractivity contribution in [3.63, 3.8) is 0 Å². The molecule has 0 radical (unpaired) electrons. The van der Waals surface area contributed by atoms with E-state index >= 15 is 0 Å². The molecule has 0 atom stereocenters. The highest BCUT2D eigenvalue weighted by Crippen LogP contribution is 1.99. The Balaban J connectivity index is 4.49. The van der Waals surface area contributed by atoms with Crippen molar-refractivity contribution in [2.75, 3.05) is 0 Å². The van der Waals surface area contributed by atoms with E-state index in [-0.39, 0.29) is 17.4 Å². The van der Waals surface area contributed by atoms with E-state index in [9.17, 15) is 4.79 Å². The minimum atomic E-state index is -0.535. The van der Waals surface area contributed by atoms with Crippen LogP contribution in [0.3, 0.4) is 0 Å². The number of rotatable bonds is 2. The van der Waals surface area contributed by atoms with Gasteiger partial charge in [0.25, 0.3) is 5.91 Å². The molecule has 4 nitrogen and oxygen atoms in total. The Morgan fingerprint density at radius 1 is 1.58 bits per heavy atom. The fraction of sp³-hybridized carbons (Fsp3) is 0.500. The molecule has 0 bridgehead atoms. The van der Waals surface area contributed by atoms with Crippen molar-refractivity contribution in [1.29, 1.82) is 5.26 Å². The van der Waals surface area contributed by atoms with Gasteiger partial charge in [-0.25, -0.2) is 0 Å². The first kappa shape index (κ1) is 10.5. The fourth-order valence-corrected chi connectivity index (χ4v) is 0.630. The molecule has 0 aliphatic rings. The second-order valence-corrected chi connectivity index (χ2v) is 2.70. The average molecular weight is 168 g/mol. The molecule has 0 aromatic rings. The number of carbonyl (C=O) groups is 1. The summed E-state index contributed by atoms with van der Waals surface area (Å²) in [6.07, 6.45) is 0. The molecule has 0 aromatic carbocycles. The summed E-state index contributed by atoms with van der Waals surface area (Å²) in [7, 11) is 0. The summed E-state index contributed by atoms with van der Waals surface area (Å²) >= 11 is 0. The summed E-state index contributed by atoms with van der Waals surface area (Å²) in [5.74, 6) is -0.789. The second kappa shape index (κ2) is 4.39. The lowest BCUT2D eigenvalue weighted by molar-refractivity contribution is -0.117. The van der Waals surface area contributed by atoms with Crippen molar-refractivity contribution < 1.29 is 9.90 Å². The van der Waals surface area contributed by atoms with Crippen LogP contribution in [-0.4, -0.2) is 17.1 Å². The molecule has 0 spiro atoms. The summed E-state index contributed by atoms with van der Waals surface area (Å²) in [5, 5.41) is 19.8. The van der Waals surface area contributed by atoms with Gasteiger partial charge in [0, 0.05) is 6.04 Å². The number of allylic oxidation sites excluding steroid dienone is 1. The molecule has 0 fully saturated rings. The molecule has 0 rings (SSSR count). The zero-order chi connectivity index (χ0) is 9.72. The van der Waals surface area contributed by atoms with Crippen LogP contribution < -0.4 is 5.32 Å². The minimum Gasteiger partial charge on any atom is -0.511 e. The normalized spacial score (nSPS) is 11.9. The number of amides is 1. The standard InChI is InChI=1S/C8H12N2O2/c1-5(2)10-8(12)7(4-9)6(3)11/h5,11H,1-3H3,(H,10,12)/b7-6-. The summed E-state index contributed by atoms with van der Waals surface area (Å²) < 4.78 is 0. The summed E-state index contributed by atoms with van der Waals surface area (Å²) in [6, 6.07) is 1.58. The van der Waals surface area contributed by atoms with Gasteiger partial charge in [-0.2, -0.15) is 5.26 Å². The van der Waals surface area contributed by atoms with Crippen LogP contribution in [0.15, 0.2) is 11.3 Å². The topological polar surface area (TPSA) is 73.1 Å². The van der Waals surface area contributed by atoms with Crippen molar-refractivity contribution in [3.8, 4) is 6.07 Å². The van der Waals surface area contributed by atoms with Crippen LogP contribution in [0.1, 0.15) is 20.8 Å². The van der Waals surface area contributed by atoms with Gasteiger partial charge in [-0.15, -0.1) is 0 Å². The van der Waals surface area contributed by atoms with E-state index in [0.29, 0.717) is 0 Å². The first-order valence-corrected chi connectivity index (χ1v) is 3.59. The molecule has 1 amide bonds. The van der Waals surface area contributed by atoms with Crippen LogP contribution in [0.5, 0.6) is 0 Å². The van der Waals surface area contributed by atoms with Crippen LogP contribution in [0, 0.1) is 11.3 Å². The van der Waals surface area contributed by atoms with Gasteiger partial charge in [-0.1, -0.05) is 0 Å². The quantitative estimate of drug-likeness (QED) is 0.365. The Kier molecular flexibility index (Phi) is 3.84. The first-order valence-electron chi connectivity index (χ1n) is 3.59. The third kappa shape index (κ3) is 3.06. The Morgan fingerprint density at radius 2 is 2.08 bits per heavy atom. The van der Waals surface area contributed by atoms with E-state index in [2.05, 4.69) is 5.32 Å². The molecule has 66 valence electrons. The van der Waals surface area contributed by atoms with Crippen LogP contribution in [0.2, 0.25) is 0 Å². The number of nitriles is 1. The molecule has 12 heavy (non-hydrogen) atoms. The summed E-state index contributed by atoms with van der Waals surface area (Å²) in [5.41, 5.74) is -0.233. The molecule has 0 saturated carbocycles. The van der Waals surface area contributed by atoms with E-state index in [1.165, 1.54) is 6.92 Å². The number of nitrogens with one attached hydrogen (secondary N) is 1. The summed E-state index contributed by atoms with van der Waals surface area (Å²) in [6.45, 7) is 4.86. The van der Waals surface area contributed by atoms with Gasteiger partial charge in [0.15, 0.2) is 5.57 Å². The molecule has 0 unspecified atom stereocenters. The Bertz CT molecular complexity index is 244. The number of hydrogen-bond acceptors (Lipinski definition) is 3. The van der Waals surface area contributed by atoms with Crippen LogP contribution in [-0.2, 0) is 4.79 Å². The highest BCUT2D eigenvalue weighted by atomic mass is 16.3. The lowest BCUT2D eigenvalue weighted by Crippen LogP contribution is -2.31. The van der Waals surface area contributed by atoms with Gasteiger partial charge in [0.1, 0.15) is 11.8 Å². The van der Waals surface area contributed by atoms with E-state index in [0.717, 1.165) is 0 Å². The largest absolute Gasteiger partial charge is 0.511 e. The summed E-state index contributed by atoms with van der Waals surface area (Å²) in [4.78, 5) is 11.1. The highest BCUT2D eigenvalue weighted by Gasteiger charge is 2.12. The number of hydrogen-bond donors (Lipinski definition) is 2. The zero-order valence-corrected chi connectivity index (χ0v) is 7.38. The van der Waals surface area contributed by atoms with Crippen molar-refractivity contribution in [2.24, 2.45) is 0 Å². The predicted molar refractivity (Wildman–Crippen MR) is 44.2 cm³/mol. The van der Waals surface area contributed by atoms with Crippen molar-refractivity contribution in [3.05, 3.63) is 11.3 Å². The number of nitrogens with zero attached hydrogens (tertiary/aromatic N) is 1. The maximum absolute atomic E-state index is 11.1. The SMILES string of the molecule is C/C(O)=C(\C#N)C(=O)NC(C)C. The van der Waals surface area contributed by atoms with Crippen LogP contribution in [0.4, 0.5) is 0 Å². The van der Waals surface area contributed by atoms with E-state index in [1.807, 2.05) is 0 Å². The zero-order valence-electron chi connectivity index (χ0n) is 7.38. The lowest BCUT2D eigenvalue weighted by atomic mass is 10.2. The first-order chi connectivity index (χ1) is 5.49. The highest BCUT2D eigenvalue weighted by molar-refractivity contribution is 5.97. The molecular formula is C8H12N2O2. The average Bonchev–Trinajstić information content (AvgIpc) is 1.85. The second-order valence-electron chi connectivity index (χ2n) is 2.70. The monoisotopic (exact) mass is 168 g/mol. The van der Waals surface area contributed by atoms with E-state index < -0.39 is 5.91 Å². The molecule has 4 heteroatoms. The molecular weight excluding hydrogens is 156 g/mol. The van der Waals surface area contributed by atoms with Crippen LogP contribution >= 0.6 is 0 Å². The third-order valence-corrected chi connectivity index (χ3v) is 1.12. The fourth-order valence-electron chi connectivity index (χ4n) is 0.630. The Labute approximate surface area is 71.5 Å². The van der Waals surface area contributed by atoms with Crippen molar-refractivity contribution >= 4 is 5.91 Å². The maximum Gasteiger partial charge on any atom is 0.265 e. The molecule has 0 saturated heterocycles. The van der Waals surface area contributed by atoms with Gasteiger partial charge in [0.05, 0.1) is 0 Å². The number of aliphatic hydroxyl groups excluding tert-OH is 1. The lowest BCUT2D eigenvalue weighted by Gasteiger charge is -2.06. The number of carbonyl (C=O) groups excluding carboxylic acids is 1. The molecule has 0 aliphatic carbocycles. The molecule has 0 heterocycles. The van der Waals surface area contributed by atoms with Crippen LogP contribution in [0.25, 0.3) is 0 Å². The van der Waals surface area contributed by atoms with E-state index in [4.69, 9.17) is 10.4 Å².